The highest BCUT2D eigenvalue weighted by molar-refractivity contribution is 6.32. The highest BCUT2D eigenvalue weighted by atomic mass is 35.5. The molecule has 1 aromatic heterocycles. The van der Waals surface area contributed by atoms with Crippen LogP contribution >= 0.6 is 11.6 Å². The molecule has 5 rings (SSSR count). The molecule has 1 N–H and O–H groups in total. The van der Waals surface area contributed by atoms with Gasteiger partial charge in [-0.25, -0.2) is 4.98 Å². The van der Waals surface area contributed by atoms with Gasteiger partial charge in [-0.15, -0.1) is 0 Å². The zero-order chi connectivity index (χ0) is 21.9. The van der Waals surface area contributed by atoms with Crippen LogP contribution in [0.2, 0.25) is 5.02 Å². The van der Waals surface area contributed by atoms with E-state index in [0.717, 1.165) is 68.0 Å². The van der Waals surface area contributed by atoms with Crippen LogP contribution in [0.3, 0.4) is 0 Å². The summed E-state index contributed by atoms with van der Waals surface area (Å²) in [6.45, 7) is 5.01. The predicted octanol–water partition coefficient (Wildman–Crippen LogP) is 3.98. The highest BCUT2D eigenvalue weighted by Crippen LogP contribution is 2.26. The molecule has 0 spiro atoms. The van der Waals surface area contributed by atoms with E-state index in [0.29, 0.717) is 23.2 Å². The maximum Gasteiger partial charge on any atom is 0.252 e. The number of nitrogens with one attached hydrogen (secondary N) is 1. The molecule has 2 heterocycles. The van der Waals surface area contributed by atoms with Crippen molar-refractivity contribution < 1.29 is 9.53 Å². The van der Waals surface area contributed by atoms with Crippen molar-refractivity contribution in [1.82, 2.24) is 15.2 Å². The number of ether oxygens (including phenoxy) is 1. The molecule has 7 heteroatoms. The zero-order valence-corrected chi connectivity index (χ0v) is 18.7. The fourth-order valence-corrected chi connectivity index (χ4v) is 4.24. The smallest absolute Gasteiger partial charge is 0.252 e. The Morgan fingerprint density at radius 2 is 1.81 bits per heavy atom. The molecule has 0 radical (unpaired) electrons. The first-order valence-electron chi connectivity index (χ1n) is 11.2. The summed E-state index contributed by atoms with van der Waals surface area (Å²) < 4.78 is 5.83. The summed E-state index contributed by atoms with van der Waals surface area (Å²) >= 11 is 6.16. The third kappa shape index (κ3) is 4.81. The average molecular weight is 451 g/mol. The van der Waals surface area contributed by atoms with Gasteiger partial charge in [-0.3, -0.25) is 9.69 Å². The van der Waals surface area contributed by atoms with Crippen molar-refractivity contribution in [2.75, 3.05) is 44.2 Å². The van der Waals surface area contributed by atoms with Gasteiger partial charge in [0.15, 0.2) is 0 Å². The van der Waals surface area contributed by atoms with Gasteiger partial charge in [0, 0.05) is 44.2 Å². The summed E-state index contributed by atoms with van der Waals surface area (Å²) in [6.07, 6.45) is 2.15. The third-order valence-electron chi connectivity index (χ3n) is 6.06. The molecule has 1 aliphatic heterocycles. The number of aromatic nitrogens is 1. The molecule has 0 atom stereocenters. The van der Waals surface area contributed by atoms with Gasteiger partial charge in [0.05, 0.1) is 16.1 Å². The van der Waals surface area contributed by atoms with Gasteiger partial charge >= 0.3 is 0 Å². The Bertz CT molecular complexity index is 1110. The first kappa shape index (κ1) is 21.0. The number of anilines is 1. The fraction of sp³-hybridized carbons (Fsp3) is 0.360. The molecule has 6 nitrogen and oxygen atoms in total. The first-order valence-corrected chi connectivity index (χ1v) is 11.6. The number of carbonyl (C=O) groups excluding carboxylic acids is 1. The van der Waals surface area contributed by atoms with Gasteiger partial charge in [-0.2, -0.15) is 0 Å². The van der Waals surface area contributed by atoms with Crippen molar-refractivity contribution >= 4 is 34.2 Å². The second-order valence-electron chi connectivity index (χ2n) is 8.40. The van der Waals surface area contributed by atoms with Gasteiger partial charge in [0.1, 0.15) is 18.2 Å². The number of carbonyl (C=O) groups is 1. The van der Waals surface area contributed by atoms with Crippen LogP contribution in [-0.2, 0) is 0 Å². The second-order valence-corrected chi connectivity index (χ2v) is 8.81. The van der Waals surface area contributed by atoms with Gasteiger partial charge in [0.25, 0.3) is 5.91 Å². The topological polar surface area (TPSA) is 57.7 Å². The van der Waals surface area contributed by atoms with Crippen LogP contribution in [0.4, 0.5) is 5.82 Å². The number of hydrogen-bond acceptors (Lipinski definition) is 5. The summed E-state index contributed by atoms with van der Waals surface area (Å²) in [4.78, 5) is 22.4. The summed E-state index contributed by atoms with van der Waals surface area (Å²) in [6, 6.07) is 17.7. The molecule has 1 amide bonds. The van der Waals surface area contributed by atoms with Crippen LogP contribution in [0.5, 0.6) is 5.75 Å². The van der Waals surface area contributed by atoms with E-state index in [1.54, 1.807) is 0 Å². The molecule has 2 aliphatic rings. The lowest BCUT2D eigenvalue weighted by Crippen LogP contribution is -2.47. The minimum atomic E-state index is 0.00251. The van der Waals surface area contributed by atoms with Crippen LogP contribution in [-0.4, -0.2) is 61.2 Å². The van der Waals surface area contributed by atoms with Crippen LogP contribution in [0, 0.1) is 0 Å². The van der Waals surface area contributed by atoms with Crippen molar-refractivity contribution in [1.29, 1.82) is 0 Å². The first-order chi connectivity index (χ1) is 15.7. The Morgan fingerprint density at radius 3 is 2.59 bits per heavy atom. The number of halogens is 1. The molecule has 3 aromatic rings. The van der Waals surface area contributed by atoms with Crippen molar-refractivity contribution in [3.05, 3.63) is 65.2 Å². The minimum Gasteiger partial charge on any atom is -0.491 e. The standard InChI is InChI=1S/C25H27ClN4O2/c26-21-6-2-4-8-23(21)32-16-15-29-11-13-30(14-12-29)24-17-20(25(31)27-18-9-10-18)19-5-1-3-7-22(19)28-24/h1-8,17-18H,9-16H2,(H,27,31). The number of hydrogen-bond donors (Lipinski definition) is 1. The lowest BCUT2D eigenvalue weighted by atomic mass is 10.1. The minimum absolute atomic E-state index is 0.00251. The normalized spacial score (nSPS) is 16.8. The number of nitrogens with zero attached hydrogens (tertiary/aromatic N) is 3. The van der Waals surface area contributed by atoms with E-state index >= 15 is 0 Å². The molecule has 2 fully saturated rings. The van der Waals surface area contributed by atoms with E-state index in [9.17, 15) is 4.79 Å². The van der Waals surface area contributed by atoms with Gasteiger partial charge in [0.2, 0.25) is 0 Å². The fourth-order valence-electron chi connectivity index (χ4n) is 4.05. The Labute approximate surface area is 193 Å². The van der Waals surface area contributed by atoms with E-state index in [4.69, 9.17) is 21.3 Å². The van der Waals surface area contributed by atoms with E-state index in [1.165, 1.54) is 0 Å². The highest BCUT2D eigenvalue weighted by Gasteiger charge is 2.26. The summed E-state index contributed by atoms with van der Waals surface area (Å²) in [5.74, 6) is 1.60. The average Bonchev–Trinajstić information content (AvgIpc) is 3.64. The second kappa shape index (κ2) is 9.35. The molecular weight excluding hydrogens is 424 g/mol. The van der Waals surface area contributed by atoms with Crippen LogP contribution in [0.25, 0.3) is 10.9 Å². The summed E-state index contributed by atoms with van der Waals surface area (Å²) in [5.41, 5.74) is 1.58. The van der Waals surface area contributed by atoms with Crippen molar-refractivity contribution in [3.63, 3.8) is 0 Å². The molecule has 1 aliphatic carbocycles. The predicted molar refractivity (Wildman–Crippen MR) is 128 cm³/mol. The molecule has 32 heavy (non-hydrogen) atoms. The lowest BCUT2D eigenvalue weighted by molar-refractivity contribution is 0.0952. The maximum atomic E-state index is 12.9. The van der Waals surface area contributed by atoms with E-state index in [2.05, 4.69) is 15.1 Å². The van der Waals surface area contributed by atoms with Crippen LogP contribution in [0.15, 0.2) is 54.6 Å². The molecule has 166 valence electrons. The van der Waals surface area contributed by atoms with Crippen molar-refractivity contribution in [3.8, 4) is 5.75 Å². The SMILES string of the molecule is O=C(NC1CC1)c1cc(N2CCN(CCOc3ccccc3Cl)CC2)nc2ccccc12. The number of benzene rings is 2. The molecule has 1 saturated carbocycles. The lowest BCUT2D eigenvalue weighted by Gasteiger charge is -2.35. The van der Waals surface area contributed by atoms with Gasteiger partial charge in [-0.1, -0.05) is 41.9 Å². The Kier molecular flexibility index (Phi) is 6.14. The zero-order valence-electron chi connectivity index (χ0n) is 18.0. The Balaban J connectivity index is 1.22. The molecular formula is C25H27ClN4O2. The molecule has 1 saturated heterocycles. The number of amides is 1. The van der Waals surface area contributed by atoms with Crippen LogP contribution < -0.4 is 15.0 Å². The number of pyridine rings is 1. The number of piperazine rings is 1. The largest absolute Gasteiger partial charge is 0.491 e. The van der Waals surface area contributed by atoms with E-state index < -0.39 is 0 Å². The van der Waals surface area contributed by atoms with Gasteiger partial charge in [-0.05, 0) is 37.1 Å². The number of rotatable bonds is 7. The van der Waals surface area contributed by atoms with Crippen LogP contribution in [0.1, 0.15) is 23.2 Å². The molecule has 2 aromatic carbocycles. The van der Waals surface area contributed by atoms with E-state index in [1.807, 2.05) is 54.6 Å². The van der Waals surface area contributed by atoms with Crippen molar-refractivity contribution in [2.24, 2.45) is 0 Å². The Hall–Kier alpha value is -2.83. The summed E-state index contributed by atoms with van der Waals surface area (Å²) in [5, 5.41) is 4.67. The quantitative estimate of drug-likeness (QED) is 0.590. The van der Waals surface area contributed by atoms with Gasteiger partial charge < -0.3 is 15.0 Å². The maximum absolute atomic E-state index is 12.9. The van der Waals surface area contributed by atoms with E-state index in [-0.39, 0.29) is 5.91 Å². The monoisotopic (exact) mass is 450 g/mol. The summed E-state index contributed by atoms with van der Waals surface area (Å²) in [7, 11) is 0. The molecule has 0 bridgehead atoms. The molecule has 0 unspecified atom stereocenters. The van der Waals surface area contributed by atoms with Crippen molar-refractivity contribution in [2.45, 2.75) is 18.9 Å². The number of para-hydroxylation sites is 2. The Morgan fingerprint density at radius 1 is 1.06 bits per heavy atom. The number of fused-ring (bicyclic) bond motifs is 1. The third-order valence-corrected chi connectivity index (χ3v) is 6.37.